The topological polar surface area (TPSA) is 35.0 Å². The molecule has 0 radical (unpaired) electrons. The minimum absolute atomic E-state index is 0.633. The fourth-order valence-electron chi connectivity index (χ4n) is 1.67. The second-order valence-electron chi connectivity index (χ2n) is 4.30. The number of nitrogens with zero attached hydrogens (tertiary/aromatic N) is 2. The molecule has 102 valence electrons. The number of hydrogen-bond donors (Lipinski definition) is 0. The SMILES string of the molecule is Cc1cccc(OCCc2nnc(CCCCl)s2)c1. The Morgan fingerprint density at radius 2 is 2.00 bits per heavy atom. The number of halogens is 1. The number of benzene rings is 1. The summed E-state index contributed by atoms with van der Waals surface area (Å²) < 4.78 is 5.70. The molecule has 0 fully saturated rings. The van der Waals surface area contributed by atoms with Gasteiger partial charge in [-0.1, -0.05) is 12.1 Å². The zero-order valence-electron chi connectivity index (χ0n) is 10.9. The van der Waals surface area contributed by atoms with Gasteiger partial charge in [-0.15, -0.1) is 33.1 Å². The molecule has 1 aromatic carbocycles. The van der Waals surface area contributed by atoms with Crippen molar-refractivity contribution in [2.45, 2.75) is 26.2 Å². The lowest BCUT2D eigenvalue weighted by atomic mass is 10.2. The standard InChI is InChI=1S/C14H17ClN2OS/c1-11-4-2-5-12(10-11)18-9-7-14-17-16-13(19-14)6-3-8-15/h2,4-5,10H,3,6-9H2,1H3. The minimum Gasteiger partial charge on any atom is -0.493 e. The van der Waals surface area contributed by atoms with Gasteiger partial charge < -0.3 is 4.74 Å². The van der Waals surface area contributed by atoms with Gasteiger partial charge in [0.2, 0.25) is 0 Å². The van der Waals surface area contributed by atoms with Gasteiger partial charge in [-0.05, 0) is 31.0 Å². The number of aryl methyl sites for hydroxylation is 2. The first-order chi connectivity index (χ1) is 9.28. The van der Waals surface area contributed by atoms with Gasteiger partial charge in [0.05, 0.1) is 6.61 Å². The van der Waals surface area contributed by atoms with E-state index in [1.165, 1.54) is 5.56 Å². The van der Waals surface area contributed by atoms with Crippen molar-refractivity contribution < 1.29 is 4.74 Å². The van der Waals surface area contributed by atoms with Gasteiger partial charge in [-0.3, -0.25) is 0 Å². The Balaban J connectivity index is 1.77. The smallest absolute Gasteiger partial charge is 0.120 e. The van der Waals surface area contributed by atoms with Crippen LogP contribution in [0.5, 0.6) is 5.75 Å². The van der Waals surface area contributed by atoms with E-state index in [0.717, 1.165) is 35.0 Å². The molecule has 19 heavy (non-hydrogen) atoms. The van der Waals surface area contributed by atoms with Crippen LogP contribution < -0.4 is 4.74 Å². The van der Waals surface area contributed by atoms with E-state index in [4.69, 9.17) is 16.3 Å². The molecule has 0 N–H and O–H groups in total. The highest BCUT2D eigenvalue weighted by Crippen LogP contribution is 2.15. The van der Waals surface area contributed by atoms with Crippen LogP contribution in [0.2, 0.25) is 0 Å². The van der Waals surface area contributed by atoms with Crippen molar-refractivity contribution in [2.75, 3.05) is 12.5 Å². The van der Waals surface area contributed by atoms with E-state index in [1.807, 2.05) is 18.2 Å². The highest BCUT2D eigenvalue weighted by atomic mass is 35.5. The third kappa shape index (κ3) is 4.80. The van der Waals surface area contributed by atoms with Gasteiger partial charge in [0.1, 0.15) is 15.8 Å². The molecule has 0 atom stereocenters. The second-order valence-corrected chi connectivity index (χ2v) is 5.82. The van der Waals surface area contributed by atoms with Crippen molar-refractivity contribution in [1.82, 2.24) is 10.2 Å². The first-order valence-corrected chi connectivity index (χ1v) is 7.70. The molecule has 0 aliphatic rings. The molecule has 0 aliphatic carbocycles. The molecule has 0 spiro atoms. The Morgan fingerprint density at radius 3 is 2.74 bits per heavy atom. The molecule has 0 amide bonds. The maximum atomic E-state index is 5.70. The van der Waals surface area contributed by atoms with Gasteiger partial charge in [0.25, 0.3) is 0 Å². The van der Waals surface area contributed by atoms with E-state index in [9.17, 15) is 0 Å². The molecule has 0 aliphatic heterocycles. The summed E-state index contributed by atoms with van der Waals surface area (Å²) in [6.07, 6.45) is 2.67. The van der Waals surface area contributed by atoms with Crippen LogP contribution >= 0.6 is 22.9 Å². The number of hydrogen-bond acceptors (Lipinski definition) is 4. The third-order valence-corrected chi connectivity index (χ3v) is 3.92. The van der Waals surface area contributed by atoms with E-state index in [1.54, 1.807) is 11.3 Å². The van der Waals surface area contributed by atoms with Crippen LogP contribution in [0, 0.1) is 6.92 Å². The van der Waals surface area contributed by atoms with Crippen LogP contribution in [-0.2, 0) is 12.8 Å². The summed E-state index contributed by atoms with van der Waals surface area (Å²) in [4.78, 5) is 0. The van der Waals surface area contributed by atoms with Crippen molar-refractivity contribution in [3.05, 3.63) is 39.8 Å². The maximum absolute atomic E-state index is 5.70. The van der Waals surface area contributed by atoms with E-state index < -0.39 is 0 Å². The molecule has 0 saturated heterocycles. The van der Waals surface area contributed by atoms with Crippen LogP contribution in [0.3, 0.4) is 0 Å². The summed E-state index contributed by atoms with van der Waals surface area (Å²) in [5.41, 5.74) is 1.21. The second kappa shape index (κ2) is 7.46. The maximum Gasteiger partial charge on any atom is 0.120 e. The highest BCUT2D eigenvalue weighted by Gasteiger charge is 2.04. The van der Waals surface area contributed by atoms with Crippen molar-refractivity contribution in [2.24, 2.45) is 0 Å². The molecular weight excluding hydrogens is 280 g/mol. The lowest BCUT2D eigenvalue weighted by molar-refractivity contribution is 0.321. The number of aromatic nitrogens is 2. The summed E-state index contributed by atoms with van der Waals surface area (Å²) in [6.45, 7) is 2.69. The van der Waals surface area contributed by atoms with E-state index in [0.29, 0.717) is 12.5 Å². The quantitative estimate of drug-likeness (QED) is 0.732. The molecular formula is C14H17ClN2OS. The number of alkyl halides is 1. The van der Waals surface area contributed by atoms with Crippen molar-refractivity contribution in [3.63, 3.8) is 0 Å². The first kappa shape index (κ1) is 14.3. The Bertz CT molecular complexity index is 516. The van der Waals surface area contributed by atoms with Gasteiger partial charge in [-0.2, -0.15) is 0 Å². The van der Waals surface area contributed by atoms with Crippen LogP contribution in [0.25, 0.3) is 0 Å². The van der Waals surface area contributed by atoms with E-state index >= 15 is 0 Å². The number of ether oxygens (including phenoxy) is 1. The molecule has 0 unspecified atom stereocenters. The molecule has 2 aromatic rings. The lowest BCUT2D eigenvalue weighted by Crippen LogP contribution is -2.01. The Hall–Kier alpha value is -1.13. The summed E-state index contributed by atoms with van der Waals surface area (Å²) in [5.74, 6) is 1.58. The predicted molar refractivity (Wildman–Crippen MR) is 79.3 cm³/mol. The van der Waals surface area contributed by atoms with Crippen LogP contribution in [0.4, 0.5) is 0 Å². The minimum atomic E-state index is 0.633. The first-order valence-electron chi connectivity index (χ1n) is 6.34. The molecule has 3 nitrogen and oxygen atoms in total. The van der Waals surface area contributed by atoms with Gasteiger partial charge in [-0.25, -0.2) is 0 Å². The Morgan fingerprint density at radius 1 is 1.21 bits per heavy atom. The van der Waals surface area contributed by atoms with Gasteiger partial charge in [0.15, 0.2) is 0 Å². The summed E-state index contributed by atoms with van der Waals surface area (Å²) in [5, 5.41) is 10.4. The molecule has 0 bridgehead atoms. The normalized spacial score (nSPS) is 10.6. The van der Waals surface area contributed by atoms with Crippen molar-refractivity contribution in [1.29, 1.82) is 0 Å². The third-order valence-electron chi connectivity index (χ3n) is 2.61. The van der Waals surface area contributed by atoms with Gasteiger partial charge >= 0.3 is 0 Å². The monoisotopic (exact) mass is 296 g/mol. The molecule has 5 heteroatoms. The molecule has 1 aromatic heterocycles. The molecule has 1 heterocycles. The molecule has 0 saturated carbocycles. The fourth-order valence-corrected chi connectivity index (χ4v) is 2.67. The summed E-state index contributed by atoms with van der Waals surface area (Å²) >= 11 is 7.31. The predicted octanol–water partition coefficient (Wildman–Crippen LogP) is 3.64. The van der Waals surface area contributed by atoms with Crippen LogP contribution in [0.1, 0.15) is 22.0 Å². The summed E-state index contributed by atoms with van der Waals surface area (Å²) in [6, 6.07) is 8.06. The zero-order chi connectivity index (χ0) is 13.5. The zero-order valence-corrected chi connectivity index (χ0v) is 12.5. The fraction of sp³-hybridized carbons (Fsp3) is 0.429. The van der Waals surface area contributed by atoms with E-state index in [2.05, 4.69) is 23.2 Å². The van der Waals surface area contributed by atoms with Crippen LogP contribution in [0.15, 0.2) is 24.3 Å². The average Bonchev–Trinajstić information content (AvgIpc) is 2.84. The van der Waals surface area contributed by atoms with Gasteiger partial charge in [0, 0.05) is 18.7 Å². The van der Waals surface area contributed by atoms with Crippen molar-refractivity contribution >= 4 is 22.9 Å². The lowest BCUT2D eigenvalue weighted by Gasteiger charge is -2.04. The number of rotatable bonds is 7. The average molecular weight is 297 g/mol. The van der Waals surface area contributed by atoms with E-state index in [-0.39, 0.29) is 0 Å². The van der Waals surface area contributed by atoms with Crippen LogP contribution in [-0.4, -0.2) is 22.7 Å². The largest absolute Gasteiger partial charge is 0.493 e. The Labute approximate surface area is 122 Å². The Kier molecular flexibility index (Phi) is 5.61. The summed E-state index contributed by atoms with van der Waals surface area (Å²) in [7, 11) is 0. The highest BCUT2D eigenvalue weighted by molar-refractivity contribution is 7.11. The molecule has 2 rings (SSSR count). The van der Waals surface area contributed by atoms with Crippen molar-refractivity contribution in [3.8, 4) is 5.75 Å².